The molecule has 6 heteroatoms. The first-order chi connectivity index (χ1) is 10.2. The van der Waals surface area contributed by atoms with Crippen LogP contribution in [0.2, 0.25) is 5.02 Å². The number of ether oxygens (including phenoxy) is 1. The van der Waals surface area contributed by atoms with E-state index in [2.05, 4.69) is 15.3 Å². The molecule has 2 aromatic carbocycles. The van der Waals surface area contributed by atoms with Crippen molar-refractivity contribution in [3.63, 3.8) is 0 Å². The molecule has 0 aliphatic rings. The molecule has 1 heterocycles. The molecule has 106 valence electrons. The zero-order valence-electron chi connectivity index (χ0n) is 11.2. The summed E-state index contributed by atoms with van der Waals surface area (Å²) in [6.45, 7) is 0. The Morgan fingerprint density at radius 3 is 2.86 bits per heavy atom. The fourth-order valence-electron chi connectivity index (χ4n) is 2.04. The van der Waals surface area contributed by atoms with Gasteiger partial charge in [0.2, 0.25) is 5.95 Å². The van der Waals surface area contributed by atoms with Crippen LogP contribution in [0.4, 0.5) is 5.95 Å². The lowest BCUT2D eigenvalue weighted by Crippen LogP contribution is -2.14. The number of amides is 1. The van der Waals surface area contributed by atoms with Crippen LogP contribution in [0.1, 0.15) is 10.4 Å². The minimum Gasteiger partial charge on any atom is -0.496 e. The lowest BCUT2D eigenvalue weighted by Gasteiger charge is -2.08. The lowest BCUT2D eigenvalue weighted by molar-refractivity contribution is 0.102. The van der Waals surface area contributed by atoms with E-state index in [1.807, 2.05) is 24.3 Å². The van der Waals surface area contributed by atoms with Gasteiger partial charge in [-0.1, -0.05) is 23.7 Å². The van der Waals surface area contributed by atoms with Gasteiger partial charge in [0.05, 0.1) is 23.7 Å². The van der Waals surface area contributed by atoms with Gasteiger partial charge in [0, 0.05) is 5.02 Å². The van der Waals surface area contributed by atoms with Crippen molar-refractivity contribution >= 4 is 34.5 Å². The van der Waals surface area contributed by atoms with Gasteiger partial charge in [-0.25, -0.2) is 4.98 Å². The van der Waals surface area contributed by atoms with E-state index in [0.29, 0.717) is 22.3 Å². The molecule has 3 aromatic rings. The van der Waals surface area contributed by atoms with E-state index in [-0.39, 0.29) is 5.91 Å². The molecule has 0 aliphatic heterocycles. The minimum atomic E-state index is -0.317. The highest BCUT2D eigenvalue weighted by Crippen LogP contribution is 2.24. The molecule has 0 aliphatic carbocycles. The molecular weight excluding hydrogens is 290 g/mol. The predicted octanol–water partition coefficient (Wildman–Crippen LogP) is 3.48. The monoisotopic (exact) mass is 301 g/mol. The van der Waals surface area contributed by atoms with Crippen molar-refractivity contribution in [1.82, 2.24) is 9.97 Å². The van der Waals surface area contributed by atoms with Crippen molar-refractivity contribution in [2.24, 2.45) is 0 Å². The van der Waals surface area contributed by atoms with Crippen LogP contribution >= 0.6 is 11.6 Å². The number of aromatic nitrogens is 2. The number of halogens is 1. The summed E-state index contributed by atoms with van der Waals surface area (Å²) in [5.41, 5.74) is 2.04. The fraction of sp³-hybridized carbons (Fsp3) is 0.0667. The number of rotatable bonds is 3. The number of nitrogens with zero attached hydrogens (tertiary/aromatic N) is 1. The fourth-order valence-corrected chi connectivity index (χ4v) is 2.20. The summed E-state index contributed by atoms with van der Waals surface area (Å²) < 4.78 is 5.17. The largest absolute Gasteiger partial charge is 0.496 e. The standard InChI is InChI=1S/C15H12ClN3O2/c1-21-13-8-9(16)6-7-10(13)14(20)19-15-17-11-4-2-3-5-12(11)18-15/h2-8H,1H3,(H2,17,18,19,20). The molecule has 5 nitrogen and oxygen atoms in total. The second-order valence-corrected chi connectivity index (χ2v) is 4.84. The van der Waals surface area contributed by atoms with Crippen molar-refractivity contribution in [3.8, 4) is 5.75 Å². The van der Waals surface area contributed by atoms with Crippen molar-refractivity contribution in [3.05, 3.63) is 53.1 Å². The number of anilines is 1. The normalized spacial score (nSPS) is 10.6. The molecule has 0 saturated heterocycles. The molecule has 2 N–H and O–H groups in total. The summed E-state index contributed by atoms with van der Waals surface area (Å²) in [5.74, 6) is 0.483. The number of nitrogens with one attached hydrogen (secondary N) is 2. The number of para-hydroxylation sites is 2. The Kier molecular flexibility index (Phi) is 3.50. The minimum absolute atomic E-state index is 0.317. The van der Waals surface area contributed by atoms with Gasteiger partial charge in [-0.2, -0.15) is 0 Å². The van der Waals surface area contributed by atoms with Crippen LogP contribution in [0, 0.1) is 0 Å². The number of methoxy groups -OCH3 is 1. The molecule has 0 saturated carbocycles. The second-order valence-electron chi connectivity index (χ2n) is 4.40. The van der Waals surface area contributed by atoms with Crippen LogP contribution in [0.25, 0.3) is 11.0 Å². The van der Waals surface area contributed by atoms with Crippen LogP contribution < -0.4 is 10.1 Å². The summed E-state index contributed by atoms with van der Waals surface area (Å²) >= 11 is 5.88. The number of benzene rings is 2. The molecule has 0 radical (unpaired) electrons. The molecule has 0 atom stereocenters. The zero-order valence-corrected chi connectivity index (χ0v) is 11.9. The molecular formula is C15H12ClN3O2. The smallest absolute Gasteiger partial charge is 0.261 e. The summed E-state index contributed by atoms with van der Waals surface area (Å²) in [5, 5.41) is 3.22. The summed E-state index contributed by atoms with van der Waals surface area (Å²) in [6, 6.07) is 12.4. The maximum atomic E-state index is 12.3. The zero-order chi connectivity index (χ0) is 14.8. The maximum Gasteiger partial charge on any atom is 0.261 e. The number of aromatic amines is 1. The van der Waals surface area contributed by atoms with Crippen LogP contribution in [0.15, 0.2) is 42.5 Å². The predicted molar refractivity (Wildman–Crippen MR) is 82.1 cm³/mol. The quantitative estimate of drug-likeness (QED) is 0.778. The highest BCUT2D eigenvalue weighted by molar-refractivity contribution is 6.31. The molecule has 21 heavy (non-hydrogen) atoms. The van der Waals surface area contributed by atoms with Crippen molar-refractivity contribution < 1.29 is 9.53 Å². The van der Waals surface area contributed by atoms with E-state index in [1.165, 1.54) is 7.11 Å². The van der Waals surface area contributed by atoms with Crippen LogP contribution in [-0.4, -0.2) is 23.0 Å². The molecule has 1 amide bonds. The van der Waals surface area contributed by atoms with Gasteiger partial charge < -0.3 is 9.72 Å². The number of fused-ring (bicyclic) bond motifs is 1. The SMILES string of the molecule is COc1cc(Cl)ccc1C(=O)Nc1nc2ccccc2[nH]1. The molecule has 0 unspecified atom stereocenters. The first-order valence-corrected chi connectivity index (χ1v) is 6.65. The van der Waals surface area contributed by atoms with E-state index in [9.17, 15) is 4.79 Å². The van der Waals surface area contributed by atoms with Gasteiger partial charge in [0.15, 0.2) is 0 Å². The highest BCUT2D eigenvalue weighted by atomic mass is 35.5. The number of H-pyrrole nitrogens is 1. The van der Waals surface area contributed by atoms with Crippen molar-refractivity contribution in [2.45, 2.75) is 0 Å². The van der Waals surface area contributed by atoms with E-state index >= 15 is 0 Å². The van der Waals surface area contributed by atoms with Crippen molar-refractivity contribution in [1.29, 1.82) is 0 Å². The Hall–Kier alpha value is -2.53. The number of carbonyl (C=O) groups excluding carboxylic acids is 1. The summed E-state index contributed by atoms with van der Waals surface area (Å²) in [4.78, 5) is 19.6. The number of hydrogen-bond donors (Lipinski definition) is 2. The van der Waals surface area contributed by atoms with Crippen molar-refractivity contribution in [2.75, 3.05) is 12.4 Å². The average Bonchev–Trinajstić information content (AvgIpc) is 2.88. The number of imidazole rings is 1. The number of hydrogen-bond acceptors (Lipinski definition) is 3. The van der Waals surface area contributed by atoms with Gasteiger partial charge >= 0.3 is 0 Å². The Balaban J connectivity index is 1.89. The Bertz CT molecular complexity index is 781. The third-order valence-corrected chi connectivity index (χ3v) is 3.26. The van der Waals surface area contributed by atoms with Crippen LogP contribution in [-0.2, 0) is 0 Å². The summed E-state index contributed by atoms with van der Waals surface area (Å²) in [7, 11) is 1.49. The molecule has 3 rings (SSSR count). The van der Waals surface area contributed by atoms with Gasteiger partial charge in [0.25, 0.3) is 5.91 Å². The third kappa shape index (κ3) is 2.68. The van der Waals surface area contributed by atoms with E-state index in [1.54, 1.807) is 18.2 Å². The first-order valence-electron chi connectivity index (χ1n) is 6.27. The van der Waals surface area contributed by atoms with Gasteiger partial charge in [-0.3, -0.25) is 10.1 Å². The first kappa shape index (κ1) is 13.5. The van der Waals surface area contributed by atoms with Crippen LogP contribution in [0.5, 0.6) is 5.75 Å². The Morgan fingerprint density at radius 1 is 1.29 bits per heavy atom. The number of carbonyl (C=O) groups is 1. The molecule has 1 aromatic heterocycles. The average molecular weight is 302 g/mol. The van der Waals surface area contributed by atoms with Crippen LogP contribution in [0.3, 0.4) is 0 Å². The second kappa shape index (κ2) is 5.46. The Morgan fingerprint density at radius 2 is 2.10 bits per heavy atom. The topological polar surface area (TPSA) is 67.0 Å². The molecule has 0 bridgehead atoms. The van der Waals surface area contributed by atoms with Gasteiger partial charge in [0.1, 0.15) is 5.75 Å². The van der Waals surface area contributed by atoms with E-state index in [0.717, 1.165) is 11.0 Å². The third-order valence-electron chi connectivity index (χ3n) is 3.03. The summed E-state index contributed by atoms with van der Waals surface area (Å²) in [6.07, 6.45) is 0. The lowest BCUT2D eigenvalue weighted by atomic mass is 10.2. The maximum absolute atomic E-state index is 12.3. The Labute approximate surface area is 125 Å². The van der Waals surface area contributed by atoms with E-state index < -0.39 is 0 Å². The highest BCUT2D eigenvalue weighted by Gasteiger charge is 2.14. The molecule has 0 fully saturated rings. The van der Waals surface area contributed by atoms with E-state index in [4.69, 9.17) is 16.3 Å². The van der Waals surface area contributed by atoms with Gasteiger partial charge in [-0.15, -0.1) is 0 Å². The van der Waals surface area contributed by atoms with Gasteiger partial charge in [-0.05, 0) is 30.3 Å². The molecule has 0 spiro atoms.